The van der Waals surface area contributed by atoms with Gasteiger partial charge in [-0.3, -0.25) is 14.8 Å². The third-order valence-corrected chi connectivity index (χ3v) is 14.0. The number of hydrogen-bond donors (Lipinski definition) is 6. The number of nitrogens with one attached hydrogen (secondary N) is 2. The summed E-state index contributed by atoms with van der Waals surface area (Å²) in [6, 6.07) is 49.3. The summed E-state index contributed by atoms with van der Waals surface area (Å²) in [6.07, 6.45) is -5.49. The van der Waals surface area contributed by atoms with Crippen molar-refractivity contribution in [2.75, 3.05) is 10.6 Å². The van der Waals surface area contributed by atoms with Crippen LogP contribution in [0.5, 0.6) is 0 Å². The number of aliphatic carboxylic acids is 2. The largest absolute Gasteiger partial charge is 2.00 e. The average Bonchev–Trinajstić information content (AvgIpc) is 1.66. The molecule has 0 bridgehead atoms. The molecule has 85 heavy (non-hydrogen) atoms. The molecule has 4 atom stereocenters. The van der Waals surface area contributed by atoms with E-state index in [1.807, 2.05) is 134 Å². The molecule has 0 aliphatic carbocycles. The average molecular weight is 1210 g/mol. The second kappa shape index (κ2) is 33.7. The van der Waals surface area contributed by atoms with Gasteiger partial charge in [0.25, 0.3) is 11.8 Å². The molecule has 438 valence electrons. The molecule has 2 amide bonds. The minimum Gasteiger partial charge on any atom is -1.00 e. The molecule has 6 aromatic carbocycles. The Balaban J connectivity index is 0.000000435. The van der Waals surface area contributed by atoms with Gasteiger partial charge in [-0.1, -0.05) is 125 Å². The van der Waals surface area contributed by atoms with Crippen molar-refractivity contribution in [3.63, 3.8) is 0 Å². The molecule has 0 saturated heterocycles. The molecule has 0 saturated carbocycles. The number of carbonyl (C=O) groups is 4. The summed E-state index contributed by atoms with van der Waals surface area (Å²) in [4.78, 5) is 54.2. The molecule has 0 unspecified atom stereocenters. The van der Waals surface area contributed by atoms with Gasteiger partial charge in [0.1, 0.15) is 17.7 Å². The zero-order valence-corrected chi connectivity index (χ0v) is 52.4. The van der Waals surface area contributed by atoms with Crippen molar-refractivity contribution in [3.8, 4) is 44.8 Å². The zero-order chi connectivity index (χ0) is 59.7. The zero-order valence-electron chi connectivity index (χ0n) is 50.0. The molecule has 2 heterocycles. The quantitative estimate of drug-likeness (QED) is 0.0179. The van der Waals surface area contributed by atoms with Crippen molar-refractivity contribution in [1.29, 1.82) is 0 Å². The molecule has 0 radical (unpaired) electrons. The first-order valence-electron chi connectivity index (χ1n) is 27.5. The van der Waals surface area contributed by atoms with E-state index in [4.69, 9.17) is 5.26 Å². The maximum absolute atomic E-state index is 14.1. The third kappa shape index (κ3) is 19.0. The first-order chi connectivity index (χ1) is 39.8. The predicted molar refractivity (Wildman–Crippen MR) is 324 cm³/mol. The van der Waals surface area contributed by atoms with Crippen molar-refractivity contribution in [3.05, 3.63) is 204 Å². The summed E-state index contributed by atoms with van der Waals surface area (Å²) in [5, 5.41) is 68.5. The molecule has 8 rings (SSSR count). The van der Waals surface area contributed by atoms with Gasteiger partial charge in [-0.2, -0.15) is 0 Å². The van der Waals surface area contributed by atoms with Crippen LogP contribution in [0.3, 0.4) is 0 Å². The number of hydrogen-bond acceptors (Lipinski definition) is 11. The Kier molecular flexibility index (Phi) is 27.7. The molecule has 8 aromatic rings. The fraction of sp³-hybridized carbons (Fsp3) is 0.273. The minimum atomic E-state index is -1.41. The number of para-hydroxylation sites is 2. The minimum absolute atomic E-state index is 0. The van der Waals surface area contributed by atoms with Crippen molar-refractivity contribution in [1.82, 2.24) is 9.13 Å². The maximum Gasteiger partial charge on any atom is 2.00 e. The SMILES string of the molecule is CC(C)c1c(C(=O)Nc2ccccc2)c(-c2ccccc2)c(-c2ccc(F)cc2)n1CC[C@@H](O)C[C@@H](O)CC(=O)[O-].CC(C)c1c(C(=O)Nc2ccccc2)c(-c2ccccc2)c(-c2ccc(F)cc2)n1CC[C@@H](O)C[C@H](CC(=O)[O-])OO.[Ca+2].[Ca+2].[H-].[H-]. The monoisotopic (exact) mass is 1210 g/mol. The van der Waals surface area contributed by atoms with Gasteiger partial charge < -0.3 is 57.7 Å². The van der Waals surface area contributed by atoms with Crippen molar-refractivity contribution >= 4 is 111 Å². The summed E-state index contributed by atoms with van der Waals surface area (Å²) in [5.41, 5.74) is 9.35. The van der Waals surface area contributed by atoms with Crippen molar-refractivity contribution in [2.45, 2.75) is 116 Å². The molecular weight excluding hydrogens is 1140 g/mol. The molecular formula is C66H70Ca2F2N4O11. The summed E-state index contributed by atoms with van der Waals surface area (Å²) < 4.78 is 32.0. The van der Waals surface area contributed by atoms with Gasteiger partial charge in [0.2, 0.25) is 0 Å². The molecule has 0 aliphatic heterocycles. The number of aromatic nitrogens is 2. The topological polar surface area (TPSA) is 238 Å². The van der Waals surface area contributed by atoms with E-state index in [0.29, 0.717) is 56.1 Å². The van der Waals surface area contributed by atoms with Crippen LogP contribution in [0.2, 0.25) is 0 Å². The normalized spacial score (nSPS) is 12.4. The fourth-order valence-electron chi connectivity index (χ4n) is 10.5. The Bertz CT molecular complexity index is 3440. The Morgan fingerprint density at radius 2 is 0.835 bits per heavy atom. The van der Waals surface area contributed by atoms with E-state index in [9.17, 15) is 53.5 Å². The van der Waals surface area contributed by atoms with Crippen LogP contribution >= 0.6 is 0 Å². The molecule has 15 nitrogen and oxygen atoms in total. The summed E-state index contributed by atoms with van der Waals surface area (Å²) >= 11 is 0. The van der Waals surface area contributed by atoms with Crippen LogP contribution in [0, 0.1) is 11.6 Å². The number of aliphatic hydroxyl groups excluding tert-OH is 3. The number of amides is 2. The van der Waals surface area contributed by atoms with Crippen molar-refractivity contribution in [2.24, 2.45) is 0 Å². The maximum atomic E-state index is 14.1. The number of halogens is 2. The standard InChI is InChI=1S/C33H35FN2O6.C33H35FN2O5.2Ca.2H/c1-21(2)31-30(33(40)35-25-11-7-4-8-12-25)29(22-9-5-3-6-10-22)32(23-13-15-24(34)16-14-23)36(31)18-17-26(37)19-27(42-41)20-28(38)39;1-21(2)31-30(33(41)35-25-11-7-4-8-12-25)29(22-9-5-3-6-10-22)32(23-13-15-24(34)16-14-23)36(31)18-17-26(37)19-27(38)20-28(39)40;;;;/h3-16,21,26-27,37,41H,17-20H2,1-2H3,(H,35,40)(H,38,39);3-16,21,26-27,37-38H,17-20H2,1-2H3,(H,35,41)(H,39,40);;;;/q;;2*+2;2*-1/p-2/t2*26-,27-;;;;/m11..../s1. The van der Waals surface area contributed by atoms with E-state index in [2.05, 4.69) is 15.5 Å². The number of anilines is 2. The van der Waals surface area contributed by atoms with Gasteiger partial charge >= 0.3 is 75.5 Å². The first kappa shape index (κ1) is 69.7. The molecule has 19 heteroatoms. The van der Waals surface area contributed by atoms with E-state index < -0.39 is 60.8 Å². The number of nitrogens with zero attached hydrogens (tertiary/aromatic N) is 2. The Morgan fingerprint density at radius 3 is 1.16 bits per heavy atom. The van der Waals surface area contributed by atoms with Crippen LogP contribution in [0.4, 0.5) is 20.2 Å². The van der Waals surface area contributed by atoms with Crippen LogP contribution in [0.15, 0.2) is 170 Å². The molecule has 2 aromatic heterocycles. The Hall–Kier alpha value is -6.06. The number of aliphatic hydroxyl groups is 3. The summed E-state index contributed by atoms with van der Waals surface area (Å²) in [5.74, 6) is -4.46. The molecule has 0 fully saturated rings. The van der Waals surface area contributed by atoms with Crippen LogP contribution in [0.1, 0.15) is 113 Å². The molecule has 0 spiro atoms. The number of rotatable bonds is 25. The van der Waals surface area contributed by atoms with Gasteiger partial charge in [0.15, 0.2) is 0 Å². The van der Waals surface area contributed by atoms with E-state index in [0.717, 1.165) is 22.5 Å². The van der Waals surface area contributed by atoms with E-state index in [1.165, 1.54) is 24.3 Å². The Morgan fingerprint density at radius 1 is 0.494 bits per heavy atom. The number of benzene rings is 6. The second-order valence-corrected chi connectivity index (χ2v) is 20.9. The number of carboxylic acids is 2. The van der Waals surface area contributed by atoms with Gasteiger partial charge in [-0.25, -0.2) is 13.7 Å². The third-order valence-electron chi connectivity index (χ3n) is 14.0. The summed E-state index contributed by atoms with van der Waals surface area (Å²) in [7, 11) is 0. The van der Waals surface area contributed by atoms with Gasteiger partial charge in [-0.15, -0.1) is 0 Å². The molecule has 6 N–H and O–H groups in total. The fourth-order valence-corrected chi connectivity index (χ4v) is 10.5. The van der Waals surface area contributed by atoms with Crippen LogP contribution in [-0.2, 0) is 27.6 Å². The number of carbonyl (C=O) groups excluding carboxylic acids is 4. The van der Waals surface area contributed by atoms with Crippen LogP contribution in [0.25, 0.3) is 44.8 Å². The Labute approximate surface area is 556 Å². The van der Waals surface area contributed by atoms with Gasteiger partial charge in [-0.05, 0) is 126 Å². The van der Waals surface area contributed by atoms with Crippen LogP contribution in [-0.4, -0.2) is 153 Å². The predicted octanol–water partition coefficient (Wildman–Crippen LogP) is 9.92. The first-order valence-corrected chi connectivity index (χ1v) is 27.5. The van der Waals surface area contributed by atoms with E-state index in [1.54, 1.807) is 48.5 Å². The van der Waals surface area contributed by atoms with Gasteiger partial charge in [0, 0.05) is 78.2 Å². The van der Waals surface area contributed by atoms with E-state index >= 15 is 0 Å². The number of carboxylic acid groups (broad SMARTS) is 2. The van der Waals surface area contributed by atoms with E-state index in [-0.39, 0.29) is 141 Å². The second-order valence-electron chi connectivity index (χ2n) is 20.9. The smallest absolute Gasteiger partial charge is 1.00 e. The molecule has 0 aliphatic rings. The summed E-state index contributed by atoms with van der Waals surface area (Å²) in [6.45, 7) is 8.41. The van der Waals surface area contributed by atoms with Crippen molar-refractivity contribution < 1.29 is 66.5 Å². The van der Waals surface area contributed by atoms with Gasteiger partial charge in [0.05, 0.1) is 40.8 Å². The van der Waals surface area contributed by atoms with Crippen LogP contribution < -0.4 is 20.8 Å².